The van der Waals surface area contributed by atoms with E-state index in [0.29, 0.717) is 16.4 Å². The highest BCUT2D eigenvalue weighted by atomic mass is 32.2. The quantitative estimate of drug-likeness (QED) is 0.227. The molecule has 0 unspecified atom stereocenters. The Kier molecular flexibility index (Phi) is 7.11. The molecule has 36 heavy (non-hydrogen) atoms. The zero-order valence-electron chi connectivity index (χ0n) is 19.5. The second-order valence-corrected chi connectivity index (χ2v) is 10.4. The third-order valence-electron chi connectivity index (χ3n) is 5.58. The van der Waals surface area contributed by atoms with E-state index in [1.165, 1.54) is 23.1 Å². The molecule has 0 aliphatic carbocycles. The van der Waals surface area contributed by atoms with Crippen molar-refractivity contribution >= 4 is 56.5 Å². The van der Waals surface area contributed by atoms with E-state index < -0.39 is 0 Å². The SMILES string of the molecule is Cc1sc(NC(=O)CSc2ccc(NC(=O)c3ccc4ccccc4c3)cc2)nc1-c1ccccc1. The summed E-state index contributed by atoms with van der Waals surface area (Å²) in [6.45, 7) is 2.00. The second-order valence-electron chi connectivity index (χ2n) is 8.17. The van der Waals surface area contributed by atoms with E-state index in [9.17, 15) is 9.59 Å². The zero-order chi connectivity index (χ0) is 24.9. The maximum Gasteiger partial charge on any atom is 0.255 e. The lowest BCUT2D eigenvalue weighted by atomic mass is 10.1. The van der Waals surface area contributed by atoms with Crippen molar-refractivity contribution in [2.45, 2.75) is 11.8 Å². The first-order valence-electron chi connectivity index (χ1n) is 11.4. The highest BCUT2D eigenvalue weighted by Crippen LogP contribution is 2.30. The van der Waals surface area contributed by atoms with Crippen molar-refractivity contribution in [2.24, 2.45) is 0 Å². The minimum Gasteiger partial charge on any atom is -0.322 e. The number of carbonyl (C=O) groups excluding carboxylic acids is 2. The summed E-state index contributed by atoms with van der Waals surface area (Å²) in [5.41, 5.74) is 3.24. The van der Waals surface area contributed by atoms with Crippen LogP contribution in [-0.4, -0.2) is 22.6 Å². The number of rotatable bonds is 7. The number of thiazole rings is 1. The third-order valence-corrected chi connectivity index (χ3v) is 7.48. The maximum atomic E-state index is 12.7. The number of hydrogen-bond donors (Lipinski definition) is 2. The smallest absolute Gasteiger partial charge is 0.255 e. The Morgan fingerprint density at radius 1 is 0.833 bits per heavy atom. The van der Waals surface area contributed by atoms with Crippen LogP contribution in [0.2, 0.25) is 0 Å². The summed E-state index contributed by atoms with van der Waals surface area (Å²) in [6.07, 6.45) is 0. The number of nitrogens with zero attached hydrogens (tertiary/aromatic N) is 1. The van der Waals surface area contributed by atoms with Crippen LogP contribution in [0.1, 0.15) is 15.2 Å². The molecule has 4 aromatic carbocycles. The van der Waals surface area contributed by atoms with E-state index >= 15 is 0 Å². The molecule has 2 amide bonds. The van der Waals surface area contributed by atoms with Gasteiger partial charge in [-0.15, -0.1) is 23.1 Å². The van der Waals surface area contributed by atoms with Gasteiger partial charge < -0.3 is 10.6 Å². The van der Waals surface area contributed by atoms with E-state index in [4.69, 9.17) is 0 Å². The lowest BCUT2D eigenvalue weighted by molar-refractivity contribution is -0.113. The van der Waals surface area contributed by atoms with Crippen molar-refractivity contribution in [2.75, 3.05) is 16.4 Å². The molecule has 1 heterocycles. The fourth-order valence-electron chi connectivity index (χ4n) is 3.79. The predicted molar refractivity (Wildman–Crippen MR) is 150 cm³/mol. The molecule has 7 heteroatoms. The van der Waals surface area contributed by atoms with Gasteiger partial charge in [0, 0.05) is 26.6 Å². The summed E-state index contributed by atoms with van der Waals surface area (Å²) in [5.74, 6) is -0.00145. The Morgan fingerprint density at radius 2 is 1.56 bits per heavy atom. The van der Waals surface area contributed by atoms with E-state index in [1.54, 1.807) is 0 Å². The van der Waals surface area contributed by atoms with Gasteiger partial charge in [0.2, 0.25) is 5.91 Å². The van der Waals surface area contributed by atoms with Gasteiger partial charge in [0.15, 0.2) is 5.13 Å². The van der Waals surface area contributed by atoms with E-state index in [2.05, 4.69) is 15.6 Å². The maximum absolute atomic E-state index is 12.7. The van der Waals surface area contributed by atoms with Crippen molar-refractivity contribution < 1.29 is 9.59 Å². The number of anilines is 2. The van der Waals surface area contributed by atoms with Gasteiger partial charge in [-0.05, 0) is 54.1 Å². The van der Waals surface area contributed by atoms with Crippen molar-refractivity contribution in [3.8, 4) is 11.3 Å². The predicted octanol–water partition coefficient (Wildman–Crippen LogP) is 7.25. The number of nitrogens with one attached hydrogen (secondary N) is 2. The molecule has 5 nitrogen and oxygen atoms in total. The van der Waals surface area contributed by atoms with Gasteiger partial charge in [0.1, 0.15) is 0 Å². The van der Waals surface area contributed by atoms with Crippen LogP contribution in [0.25, 0.3) is 22.0 Å². The Bertz CT molecular complexity index is 1530. The van der Waals surface area contributed by atoms with Crippen LogP contribution in [0, 0.1) is 6.92 Å². The number of hydrogen-bond acceptors (Lipinski definition) is 5. The fourth-order valence-corrected chi connectivity index (χ4v) is 5.34. The highest BCUT2D eigenvalue weighted by molar-refractivity contribution is 8.00. The van der Waals surface area contributed by atoms with Gasteiger partial charge in [0.05, 0.1) is 11.4 Å². The molecule has 0 fully saturated rings. The third kappa shape index (κ3) is 5.64. The van der Waals surface area contributed by atoms with Crippen molar-refractivity contribution in [1.29, 1.82) is 0 Å². The summed E-state index contributed by atoms with van der Waals surface area (Å²) in [7, 11) is 0. The van der Waals surface area contributed by atoms with E-state index in [0.717, 1.165) is 31.8 Å². The van der Waals surface area contributed by atoms with Crippen molar-refractivity contribution in [3.63, 3.8) is 0 Å². The summed E-state index contributed by atoms with van der Waals surface area (Å²) in [5, 5.41) is 8.56. The zero-order valence-corrected chi connectivity index (χ0v) is 21.2. The Hall–Kier alpha value is -3.94. The molecule has 5 rings (SSSR count). The molecule has 0 aliphatic rings. The topological polar surface area (TPSA) is 71.1 Å². The number of benzene rings is 4. The number of thioether (sulfide) groups is 1. The number of fused-ring (bicyclic) bond motifs is 1. The summed E-state index contributed by atoms with van der Waals surface area (Å²) in [4.78, 5) is 31.7. The van der Waals surface area contributed by atoms with Gasteiger partial charge >= 0.3 is 0 Å². The molecule has 0 radical (unpaired) electrons. The monoisotopic (exact) mass is 509 g/mol. The van der Waals surface area contributed by atoms with Crippen LogP contribution in [0.4, 0.5) is 10.8 Å². The van der Waals surface area contributed by atoms with Crippen LogP contribution in [0.5, 0.6) is 0 Å². The van der Waals surface area contributed by atoms with Crippen LogP contribution in [-0.2, 0) is 4.79 Å². The van der Waals surface area contributed by atoms with Crippen molar-refractivity contribution in [1.82, 2.24) is 4.98 Å². The summed E-state index contributed by atoms with van der Waals surface area (Å²) in [6, 6.07) is 31.0. The Morgan fingerprint density at radius 3 is 2.33 bits per heavy atom. The first kappa shape index (κ1) is 23.8. The first-order chi connectivity index (χ1) is 17.5. The Labute approximate surface area is 217 Å². The molecule has 0 saturated carbocycles. The molecule has 2 N–H and O–H groups in total. The number of carbonyl (C=O) groups is 2. The highest BCUT2D eigenvalue weighted by Gasteiger charge is 2.12. The number of amides is 2. The van der Waals surface area contributed by atoms with Crippen molar-refractivity contribution in [3.05, 3.63) is 108 Å². The lowest BCUT2D eigenvalue weighted by Crippen LogP contribution is -2.13. The van der Waals surface area contributed by atoms with Crippen LogP contribution >= 0.6 is 23.1 Å². The molecule has 0 saturated heterocycles. The minimum absolute atomic E-state index is 0.109. The average molecular weight is 510 g/mol. The average Bonchev–Trinajstić information content (AvgIpc) is 3.28. The van der Waals surface area contributed by atoms with E-state index in [-0.39, 0.29) is 17.6 Å². The van der Waals surface area contributed by atoms with Gasteiger partial charge in [0.25, 0.3) is 5.91 Å². The minimum atomic E-state index is -0.158. The fraction of sp³-hybridized carbons (Fsp3) is 0.0690. The largest absolute Gasteiger partial charge is 0.322 e. The van der Waals surface area contributed by atoms with Crippen LogP contribution in [0.15, 0.2) is 102 Å². The summed E-state index contributed by atoms with van der Waals surface area (Å²) >= 11 is 2.91. The molecule has 0 atom stereocenters. The van der Waals surface area contributed by atoms with Gasteiger partial charge in [-0.1, -0.05) is 60.7 Å². The molecule has 0 spiro atoms. The van der Waals surface area contributed by atoms with Gasteiger partial charge in [-0.25, -0.2) is 4.98 Å². The number of aromatic nitrogens is 1. The number of aryl methyl sites for hydroxylation is 1. The summed E-state index contributed by atoms with van der Waals surface area (Å²) < 4.78 is 0. The van der Waals surface area contributed by atoms with Gasteiger partial charge in [-0.2, -0.15) is 0 Å². The van der Waals surface area contributed by atoms with Gasteiger partial charge in [-0.3, -0.25) is 9.59 Å². The Balaban J connectivity index is 1.15. The standard InChI is InChI=1S/C29H23N3O2S2/c1-19-27(21-8-3-2-4-9-21)32-29(36-19)31-26(33)18-35-25-15-13-24(14-16-25)30-28(34)23-12-11-20-7-5-6-10-22(20)17-23/h2-17H,18H2,1H3,(H,30,34)(H,31,32,33). The molecule has 5 aromatic rings. The molecule has 1 aromatic heterocycles. The normalized spacial score (nSPS) is 10.8. The lowest BCUT2D eigenvalue weighted by Gasteiger charge is -2.08. The molecule has 0 aliphatic heterocycles. The van der Waals surface area contributed by atoms with Crippen LogP contribution < -0.4 is 10.6 Å². The molecule has 178 valence electrons. The van der Waals surface area contributed by atoms with Crippen LogP contribution in [0.3, 0.4) is 0 Å². The first-order valence-corrected chi connectivity index (χ1v) is 13.2. The van der Waals surface area contributed by atoms with E-state index in [1.807, 2.05) is 104 Å². The molecular formula is C29H23N3O2S2. The molecular weight excluding hydrogens is 486 g/mol. The second kappa shape index (κ2) is 10.8. The molecule has 0 bridgehead atoms.